The highest BCUT2D eigenvalue weighted by atomic mass is 16.7. The number of amides is 2. The second-order valence-electron chi connectivity index (χ2n) is 6.25. The number of aliphatic hydroxyl groups is 1. The maximum Gasteiger partial charge on any atom is 0.268 e. The van der Waals surface area contributed by atoms with Crippen molar-refractivity contribution >= 4 is 17.9 Å². The molecule has 0 saturated carbocycles. The summed E-state index contributed by atoms with van der Waals surface area (Å²) in [4.78, 5) is 25.3. The highest BCUT2D eigenvalue weighted by Crippen LogP contribution is 2.33. The van der Waals surface area contributed by atoms with Crippen LogP contribution in [0.3, 0.4) is 0 Å². The summed E-state index contributed by atoms with van der Waals surface area (Å²) in [6.07, 6.45) is 2.12. The summed E-state index contributed by atoms with van der Waals surface area (Å²) in [7, 11) is 0. The monoisotopic (exact) mass is 382 g/mol. The molecule has 1 heterocycles. The van der Waals surface area contributed by atoms with Gasteiger partial charge in [0.15, 0.2) is 11.5 Å². The lowest BCUT2D eigenvalue weighted by Crippen LogP contribution is -2.41. The molecule has 2 amide bonds. The van der Waals surface area contributed by atoms with Crippen molar-refractivity contribution in [3.63, 3.8) is 0 Å². The number of carbonyl (C=O) groups excluding carboxylic acids is 2. The van der Waals surface area contributed by atoms with Crippen LogP contribution >= 0.6 is 0 Å². The number of carbonyl (C=O) groups is 2. The molecule has 28 heavy (non-hydrogen) atoms. The van der Waals surface area contributed by atoms with Crippen LogP contribution in [0.15, 0.2) is 54.2 Å². The second-order valence-corrected chi connectivity index (χ2v) is 6.25. The number of hydrogen-bond acceptors (Lipinski definition) is 5. The first-order chi connectivity index (χ1) is 13.6. The van der Waals surface area contributed by atoms with E-state index < -0.39 is 17.9 Å². The number of hydrogen-bond donors (Lipinski definition) is 3. The molecule has 2 aromatic rings. The molecule has 3 N–H and O–H groups in total. The minimum absolute atomic E-state index is 0.0691. The molecule has 0 radical (unpaired) electrons. The Balaban J connectivity index is 1.87. The van der Waals surface area contributed by atoms with Crippen molar-refractivity contribution in [2.24, 2.45) is 0 Å². The fourth-order valence-corrected chi connectivity index (χ4v) is 2.65. The third-order valence-electron chi connectivity index (χ3n) is 4.28. The molecule has 0 saturated heterocycles. The number of ether oxygens (including phenoxy) is 2. The van der Waals surface area contributed by atoms with E-state index in [0.29, 0.717) is 29.0 Å². The van der Waals surface area contributed by atoms with Crippen LogP contribution < -0.4 is 20.1 Å². The van der Waals surface area contributed by atoms with Gasteiger partial charge in [0, 0.05) is 5.56 Å². The summed E-state index contributed by atoms with van der Waals surface area (Å²) in [5, 5.41) is 14.7. The fourth-order valence-electron chi connectivity index (χ4n) is 2.65. The van der Waals surface area contributed by atoms with Crippen LogP contribution in [0.5, 0.6) is 11.5 Å². The highest BCUT2D eigenvalue weighted by molar-refractivity contribution is 6.05. The Hall–Kier alpha value is -3.32. The Labute approximate surface area is 163 Å². The second kappa shape index (κ2) is 9.05. The Bertz CT molecular complexity index is 876. The molecule has 0 unspecified atom stereocenters. The molecule has 146 valence electrons. The Morgan fingerprint density at radius 1 is 1.14 bits per heavy atom. The molecule has 1 aliphatic rings. The molecule has 0 bridgehead atoms. The van der Waals surface area contributed by atoms with Gasteiger partial charge in [-0.2, -0.15) is 0 Å². The van der Waals surface area contributed by atoms with Crippen molar-refractivity contribution in [3.05, 3.63) is 65.4 Å². The molecule has 0 aromatic heterocycles. The lowest BCUT2D eigenvalue weighted by Gasteiger charge is -2.16. The van der Waals surface area contributed by atoms with Crippen LogP contribution in [0.1, 0.15) is 29.3 Å². The van der Waals surface area contributed by atoms with Gasteiger partial charge in [0.2, 0.25) is 6.79 Å². The van der Waals surface area contributed by atoms with E-state index in [2.05, 4.69) is 10.6 Å². The van der Waals surface area contributed by atoms with Gasteiger partial charge in [0.05, 0.1) is 12.6 Å². The summed E-state index contributed by atoms with van der Waals surface area (Å²) in [6, 6.07) is 13.4. The van der Waals surface area contributed by atoms with E-state index in [1.54, 1.807) is 54.6 Å². The van der Waals surface area contributed by atoms with Gasteiger partial charge >= 0.3 is 0 Å². The Kier molecular flexibility index (Phi) is 6.29. The first kappa shape index (κ1) is 19.4. The maximum atomic E-state index is 12.7. The first-order valence-electron chi connectivity index (χ1n) is 9.00. The van der Waals surface area contributed by atoms with Crippen LogP contribution in [0.4, 0.5) is 0 Å². The average molecular weight is 382 g/mol. The smallest absolute Gasteiger partial charge is 0.268 e. The molecule has 7 heteroatoms. The standard InChI is InChI=1S/C21H22N2O5/c1-2-16(12-24)22-21(26)17(23-20(25)15-6-4-3-5-7-15)10-14-8-9-18-19(11-14)28-13-27-18/h3-11,16,24H,2,12-13H2,1H3,(H,22,26)(H,23,25)/b17-10-/t16-/m0/s1. The zero-order valence-corrected chi connectivity index (χ0v) is 15.5. The van der Waals surface area contributed by atoms with Gasteiger partial charge < -0.3 is 25.2 Å². The van der Waals surface area contributed by atoms with E-state index in [4.69, 9.17) is 9.47 Å². The number of fused-ring (bicyclic) bond motifs is 1. The van der Waals surface area contributed by atoms with E-state index in [1.165, 1.54) is 0 Å². The number of rotatable bonds is 7. The van der Waals surface area contributed by atoms with Crippen molar-refractivity contribution in [1.29, 1.82) is 0 Å². The molecule has 3 rings (SSSR count). The summed E-state index contributed by atoms with van der Waals surface area (Å²) in [5.41, 5.74) is 1.17. The molecule has 0 aliphatic carbocycles. The Morgan fingerprint density at radius 3 is 2.61 bits per heavy atom. The fraction of sp³-hybridized carbons (Fsp3) is 0.238. The predicted octanol–water partition coefficient (Wildman–Crippen LogP) is 2.07. The largest absolute Gasteiger partial charge is 0.454 e. The van der Waals surface area contributed by atoms with Gasteiger partial charge in [-0.15, -0.1) is 0 Å². The van der Waals surface area contributed by atoms with Crippen LogP contribution in [0.25, 0.3) is 6.08 Å². The minimum atomic E-state index is -0.483. The zero-order valence-electron chi connectivity index (χ0n) is 15.5. The summed E-state index contributed by atoms with van der Waals surface area (Å²) < 4.78 is 10.6. The predicted molar refractivity (Wildman–Crippen MR) is 104 cm³/mol. The van der Waals surface area contributed by atoms with Gasteiger partial charge in [-0.3, -0.25) is 9.59 Å². The van der Waals surface area contributed by atoms with Crippen molar-refractivity contribution in [2.45, 2.75) is 19.4 Å². The molecule has 1 atom stereocenters. The van der Waals surface area contributed by atoms with E-state index in [-0.39, 0.29) is 19.1 Å². The topological polar surface area (TPSA) is 96.9 Å². The van der Waals surface area contributed by atoms with Gasteiger partial charge in [-0.05, 0) is 42.3 Å². The summed E-state index contributed by atoms with van der Waals surface area (Å²) in [6.45, 7) is 1.81. The van der Waals surface area contributed by atoms with Crippen LogP contribution in [0, 0.1) is 0 Å². The quantitative estimate of drug-likeness (QED) is 0.637. The molecule has 0 spiro atoms. The molecule has 1 aliphatic heterocycles. The molecule has 0 fully saturated rings. The van der Waals surface area contributed by atoms with Crippen molar-refractivity contribution < 1.29 is 24.2 Å². The number of benzene rings is 2. The lowest BCUT2D eigenvalue weighted by molar-refractivity contribution is -0.118. The highest BCUT2D eigenvalue weighted by Gasteiger charge is 2.18. The van der Waals surface area contributed by atoms with Gasteiger partial charge in [-0.1, -0.05) is 31.2 Å². The number of aliphatic hydroxyl groups excluding tert-OH is 1. The van der Waals surface area contributed by atoms with Gasteiger partial charge in [-0.25, -0.2) is 0 Å². The minimum Gasteiger partial charge on any atom is -0.454 e. The van der Waals surface area contributed by atoms with E-state index >= 15 is 0 Å². The van der Waals surface area contributed by atoms with Crippen LogP contribution in [0.2, 0.25) is 0 Å². The van der Waals surface area contributed by atoms with E-state index in [9.17, 15) is 14.7 Å². The average Bonchev–Trinajstić information content (AvgIpc) is 3.19. The lowest BCUT2D eigenvalue weighted by atomic mass is 10.1. The van der Waals surface area contributed by atoms with Crippen LogP contribution in [-0.4, -0.2) is 36.4 Å². The van der Waals surface area contributed by atoms with E-state index in [0.717, 1.165) is 0 Å². The van der Waals surface area contributed by atoms with Gasteiger partial charge in [0.25, 0.3) is 11.8 Å². The SMILES string of the molecule is CC[C@@H](CO)NC(=O)/C(=C/c1ccc2c(c1)OCO2)NC(=O)c1ccccc1. The normalized spacial score (nSPS) is 13.7. The molecular formula is C21H22N2O5. The zero-order chi connectivity index (χ0) is 19.9. The summed E-state index contributed by atoms with van der Waals surface area (Å²) >= 11 is 0. The van der Waals surface area contributed by atoms with Crippen molar-refractivity contribution in [2.75, 3.05) is 13.4 Å². The third-order valence-corrected chi connectivity index (χ3v) is 4.28. The first-order valence-corrected chi connectivity index (χ1v) is 9.00. The van der Waals surface area contributed by atoms with Crippen molar-refractivity contribution in [1.82, 2.24) is 10.6 Å². The van der Waals surface area contributed by atoms with Gasteiger partial charge in [0.1, 0.15) is 5.70 Å². The van der Waals surface area contributed by atoms with Crippen molar-refractivity contribution in [3.8, 4) is 11.5 Å². The van der Waals surface area contributed by atoms with E-state index in [1.807, 2.05) is 6.92 Å². The molecule has 7 nitrogen and oxygen atoms in total. The summed E-state index contributed by atoms with van der Waals surface area (Å²) in [5.74, 6) is 0.315. The number of nitrogens with one attached hydrogen (secondary N) is 2. The maximum absolute atomic E-state index is 12.7. The molecule has 2 aromatic carbocycles. The third kappa shape index (κ3) is 4.69. The Morgan fingerprint density at radius 2 is 1.89 bits per heavy atom. The van der Waals surface area contributed by atoms with Crippen LogP contribution in [-0.2, 0) is 4.79 Å². The molecular weight excluding hydrogens is 360 g/mol.